The van der Waals surface area contributed by atoms with Crippen molar-refractivity contribution in [1.82, 2.24) is 5.32 Å². The van der Waals surface area contributed by atoms with Gasteiger partial charge in [0.2, 0.25) is 0 Å². The summed E-state index contributed by atoms with van der Waals surface area (Å²) >= 11 is 0. The van der Waals surface area contributed by atoms with Gasteiger partial charge in [0, 0.05) is 24.4 Å². The molecule has 122 valence electrons. The van der Waals surface area contributed by atoms with Gasteiger partial charge in [-0.3, -0.25) is 4.79 Å². The van der Waals surface area contributed by atoms with Gasteiger partial charge in [-0.25, -0.2) is 0 Å². The fourth-order valence-corrected chi connectivity index (χ4v) is 2.38. The molecule has 4 heteroatoms. The molecule has 0 saturated heterocycles. The zero-order chi connectivity index (χ0) is 16.5. The number of hydrogen-bond acceptors (Lipinski definition) is 3. The lowest BCUT2D eigenvalue weighted by Crippen LogP contribution is -2.24. The van der Waals surface area contributed by atoms with Crippen molar-refractivity contribution in [2.75, 3.05) is 18.9 Å². The lowest BCUT2D eigenvalue weighted by atomic mass is 10.0. The van der Waals surface area contributed by atoms with Crippen LogP contribution in [0.3, 0.4) is 0 Å². The van der Waals surface area contributed by atoms with E-state index in [1.807, 2.05) is 48.5 Å². The summed E-state index contributed by atoms with van der Waals surface area (Å²) in [5.41, 5.74) is 9.23. The lowest BCUT2D eigenvalue weighted by Gasteiger charge is -2.07. The molecule has 0 spiro atoms. The third-order valence-corrected chi connectivity index (χ3v) is 3.76. The molecule has 4 nitrogen and oxygen atoms in total. The van der Waals surface area contributed by atoms with Crippen molar-refractivity contribution < 1.29 is 9.90 Å². The van der Waals surface area contributed by atoms with Gasteiger partial charge in [0.15, 0.2) is 0 Å². The Morgan fingerprint density at radius 2 is 1.43 bits per heavy atom. The van der Waals surface area contributed by atoms with Gasteiger partial charge in [0.1, 0.15) is 0 Å². The Morgan fingerprint density at radius 3 is 2.04 bits per heavy atom. The first-order valence-electron chi connectivity index (χ1n) is 8.06. The molecule has 0 aliphatic carbocycles. The van der Waals surface area contributed by atoms with Gasteiger partial charge in [-0.1, -0.05) is 37.1 Å². The van der Waals surface area contributed by atoms with Crippen LogP contribution in [0.5, 0.6) is 0 Å². The molecule has 2 aromatic rings. The SMILES string of the molecule is Nc1ccc(-c2ccc(C(=O)NCCCCCCO)cc2)cc1. The summed E-state index contributed by atoms with van der Waals surface area (Å²) < 4.78 is 0. The molecule has 2 rings (SSSR count). The van der Waals surface area contributed by atoms with E-state index in [-0.39, 0.29) is 12.5 Å². The molecule has 0 fully saturated rings. The summed E-state index contributed by atoms with van der Waals surface area (Å²) in [4.78, 5) is 12.1. The van der Waals surface area contributed by atoms with Crippen LogP contribution in [0.2, 0.25) is 0 Å². The summed E-state index contributed by atoms with van der Waals surface area (Å²) in [7, 11) is 0. The number of carbonyl (C=O) groups is 1. The Balaban J connectivity index is 1.84. The van der Waals surface area contributed by atoms with Crippen LogP contribution in [0.1, 0.15) is 36.0 Å². The standard InChI is InChI=1S/C19H24N2O2/c20-18-11-9-16(10-12-18)15-5-7-17(8-6-15)19(23)21-13-3-1-2-4-14-22/h5-12,22H,1-4,13-14,20H2,(H,21,23). The zero-order valence-corrected chi connectivity index (χ0v) is 13.3. The molecular formula is C19H24N2O2. The van der Waals surface area contributed by atoms with Gasteiger partial charge in [0.05, 0.1) is 0 Å². The van der Waals surface area contributed by atoms with E-state index in [1.54, 1.807) is 0 Å². The van der Waals surface area contributed by atoms with E-state index in [2.05, 4.69) is 5.32 Å². The van der Waals surface area contributed by atoms with Crippen LogP contribution < -0.4 is 11.1 Å². The maximum absolute atomic E-state index is 12.1. The highest BCUT2D eigenvalue weighted by molar-refractivity contribution is 5.94. The normalized spacial score (nSPS) is 10.5. The van der Waals surface area contributed by atoms with Gasteiger partial charge in [-0.2, -0.15) is 0 Å². The first-order valence-corrected chi connectivity index (χ1v) is 8.06. The van der Waals surface area contributed by atoms with Gasteiger partial charge in [0.25, 0.3) is 5.91 Å². The molecule has 0 heterocycles. The van der Waals surface area contributed by atoms with E-state index >= 15 is 0 Å². The predicted molar refractivity (Wildman–Crippen MR) is 94.2 cm³/mol. The second kappa shape index (κ2) is 8.96. The molecule has 0 atom stereocenters. The van der Waals surface area contributed by atoms with Crippen molar-refractivity contribution >= 4 is 11.6 Å². The highest BCUT2D eigenvalue weighted by atomic mass is 16.2. The quantitative estimate of drug-likeness (QED) is 0.517. The molecule has 2 aromatic carbocycles. The molecule has 4 N–H and O–H groups in total. The average molecular weight is 312 g/mol. The Morgan fingerprint density at radius 1 is 0.870 bits per heavy atom. The predicted octanol–water partition coefficient (Wildman–Crippen LogP) is 3.22. The van der Waals surface area contributed by atoms with Crippen LogP contribution in [-0.4, -0.2) is 24.2 Å². The molecule has 0 aliphatic heterocycles. The largest absolute Gasteiger partial charge is 0.399 e. The number of nitrogen functional groups attached to an aromatic ring is 1. The van der Waals surface area contributed by atoms with Crippen LogP contribution in [0.15, 0.2) is 48.5 Å². The third kappa shape index (κ3) is 5.42. The molecule has 1 amide bonds. The van der Waals surface area contributed by atoms with Gasteiger partial charge in [-0.15, -0.1) is 0 Å². The Kier molecular flexibility index (Phi) is 6.63. The van der Waals surface area contributed by atoms with E-state index in [0.717, 1.165) is 42.5 Å². The fourth-order valence-electron chi connectivity index (χ4n) is 2.38. The van der Waals surface area contributed by atoms with E-state index in [0.29, 0.717) is 12.1 Å². The van der Waals surface area contributed by atoms with Crippen LogP contribution in [0.4, 0.5) is 5.69 Å². The monoisotopic (exact) mass is 312 g/mol. The van der Waals surface area contributed by atoms with Crippen molar-refractivity contribution in [3.05, 3.63) is 54.1 Å². The summed E-state index contributed by atoms with van der Waals surface area (Å²) in [6.07, 6.45) is 3.80. The number of amides is 1. The number of carbonyl (C=O) groups excluding carboxylic acids is 1. The van der Waals surface area contributed by atoms with Crippen LogP contribution in [0, 0.1) is 0 Å². The van der Waals surface area contributed by atoms with Crippen LogP contribution >= 0.6 is 0 Å². The Labute approximate surface area is 137 Å². The van der Waals surface area contributed by atoms with Crippen molar-refractivity contribution in [3.8, 4) is 11.1 Å². The third-order valence-electron chi connectivity index (χ3n) is 3.76. The van der Waals surface area contributed by atoms with Crippen molar-refractivity contribution in [2.45, 2.75) is 25.7 Å². The molecule has 23 heavy (non-hydrogen) atoms. The van der Waals surface area contributed by atoms with E-state index < -0.39 is 0 Å². The minimum absolute atomic E-state index is 0.0454. The number of hydrogen-bond donors (Lipinski definition) is 3. The minimum atomic E-state index is -0.0454. The van der Waals surface area contributed by atoms with Crippen LogP contribution in [0.25, 0.3) is 11.1 Å². The van der Waals surface area contributed by atoms with Crippen molar-refractivity contribution in [3.63, 3.8) is 0 Å². The molecule has 0 bridgehead atoms. The maximum atomic E-state index is 12.1. The molecule has 0 aromatic heterocycles. The van der Waals surface area contributed by atoms with E-state index in [4.69, 9.17) is 10.8 Å². The van der Waals surface area contributed by atoms with Crippen molar-refractivity contribution in [2.24, 2.45) is 0 Å². The molecule has 0 radical (unpaired) electrons. The Hall–Kier alpha value is -2.33. The van der Waals surface area contributed by atoms with Crippen LogP contribution in [-0.2, 0) is 0 Å². The summed E-state index contributed by atoms with van der Waals surface area (Å²) in [6, 6.07) is 15.2. The zero-order valence-electron chi connectivity index (χ0n) is 13.3. The molecular weight excluding hydrogens is 288 g/mol. The molecule has 0 saturated carbocycles. The second-order valence-electron chi connectivity index (χ2n) is 5.59. The average Bonchev–Trinajstić information content (AvgIpc) is 2.58. The highest BCUT2D eigenvalue weighted by Crippen LogP contribution is 2.20. The van der Waals surface area contributed by atoms with Crippen molar-refractivity contribution in [1.29, 1.82) is 0 Å². The number of nitrogens with one attached hydrogen (secondary N) is 1. The topological polar surface area (TPSA) is 75.4 Å². The number of nitrogens with two attached hydrogens (primary N) is 1. The molecule has 0 aliphatic rings. The highest BCUT2D eigenvalue weighted by Gasteiger charge is 2.05. The summed E-state index contributed by atoms with van der Waals surface area (Å²) in [5, 5.41) is 11.6. The first-order chi connectivity index (χ1) is 11.2. The van der Waals surface area contributed by atoms with E-state index in [1.165, 1.54) is 0 Å². The fraction of sp³-hybridized carbons (Fsp3) is 0.316. The van der Waals surface area contributed by atoms with Gasteiger partial charge >= 0.3 is 0 Å². The number of aliphatic hydroxyl groups excluding tert-OH is 1. The Bertz CT molecular complexity index is 606. The number of unbranched alkanes of at least 4 members (excludes halogenated alkanes) is 3. The number of aliphatic hydroxyl groups is 1. The number of rotatable bonds is 8. The first kappa shape index (κ1) is 17.0. The number of anilines is 1. The summed E-state index contributed by atoms with van der Waals surface area (Å²) in [5.74, 6) is -0.0454. The number of benzene rings is 2. The molecule has 0 unspecified atom stereocenters. The smallest absolute Gasteiger partial charge is 0.251 e. The summed E-state index contributed by atoms with van der Waals surface area (Å²) in [6.45, 7) is 0.913. The van der Waals surface area contributed by atoms with Gasteiger partial charge < -0.3 is 16.2 Å². The van der Waals surface area contributed by atoms with Gasteiger partial charge in [-0.05, 0) is 48.2 Å². The maximum Gasteiger partial charge on any atom is 0.251 e. The second-order valence-corrected chi connectivity index (χ2v) is 5.59. The minimum Gasteiger partial charge on any atom is -0.399 e. The van der Waals surface area contributed by atoms with E-state index in [9.17, 15) is 4.79 Å². The lowest BCUT2D eigenvalue weighted by molar-refractivity contribution is 0.0953.